The second-order valence-electron chi connectivity index (χ2n) is 7.12. The molecule has 1 heterocycles. The van der Waals surface area contributed by atoms with E-state index in [-0.39, 0.29) is 25.3 Å². The summed E-state index contributed by atoms with van der Waals surface area (Å²) in [6, 6.07) is 17.7. The van der Waals surface area contributed by atoms with Gasteiger partial charge in [0.25, 0.3) is 0 Å². The number of hydrogen-bond donors (Lipinski definition) is 3. The van der Waals surface area contributed by atoms with E-state index in [9.17, 15) is 24.6 Å². The van der Waals surface area contributed by atoms with Gasteiger partial charge in [-0.15, -0.1) is 0 Å². The number of carboxylic acids is 2. The predicted molar refractivity (Wildman–Crippen MR) is 102 cm³/mol. The van der Waals surface area contributed by atoms with Gasteiger partial charge in [0.2, 0.25) is 5.91 Å². The molecular formula is C21H22N2O5. The van der Waals surface area contributed by atoms with Gasteiger partial charge in [-0.1, -0.05) is 60.7 Å². The Balaban J connectivity index is 1.89. The van der Waals surface area contributed by atoms with Gasteiger partial charge in [-0.25, -0.2) is 4.79 Å². The first-order valence-electron chi connectivity index (χ1n) is 8.96. The summed E-state index contributed by atoms with van der Waals surface area (Å²) in [5.74, 6) is -3.27. The molecule has 1 aliphatic rings. The van der Waals surface area contributed by atoms with Gasteiger partial charge in [0.05, 0.1) is 6.54 Å². The van der Waals surface area contributed by atoms with E-state index in [0.29, 0.717) is 0 Å². The zero-order valence-corrected chi connectivity index (χ0v) is 15.2. The molecule has 0 saturated carbocycles. The number of rotatable bonds is 6. The molecule has 1 saturated heterocycles. The Hall–Kier alpha value is -3.19. The molecule has 4 N–H and O–H groups in total. The van der Waals surface area contributed by atoms with Crippen LogP contribution in [0, 0.1) is 0 Å². The lowest BCUT2D eigenvalue weighted by Gasteiger charge is -2.25. The highest BCUT2D eigenvalue weighted by molar-refractivity contribution is 5.89. The van der Waals surface area contributed by atoms with Crippen molar-refractivity contribution in [2.45, 2.75) is 30.3 Å². The molecule has 0 bridgehead atoms. The molecule has 146 valence electrons. The third-order valence-corrected chi connectivity index (χ3v) is 5.20. The molecule has 0 aromatic heterocycles. The average Bonchev–Trinajstić information content (AvgIpc) is 3.07. The number of nitrogens with zero attached hydrogens (tertiary/aromatic N) is 1. The minimum absolute atomic E-state index is 0.0213. The van der Waals surface area contributed by atoms with Crippen LogP contribution in [0.4, 0.5) is 0 Å². The highest BCUT2D eigenvalue weighted by Gasteiger charge is 2.51. The Morgan fingerprint density at radius 2 is 1.50 bits per heavy atom. The molecule has 1 fully saturated rings. The molecule has 3 rings (SSSR count). The number of hydrogen-bond acceptors (Lipinski definition) is 4. The molecule has 0 spiro atoms. The molecule has 1 amide bonds. The van der Waals surface area contributed by atoms with E-state index in [4.69, 9.17) is 5.73 Å². The minimum Gasteiger partial charge on any atom is -0.480 e. The number of likely N-dealkylation sites (tertiary alicyclic amines) is 1. The smallest absolute Gasteiger partial charge is 0.326 e. The number of aliphatic carboxylic acids is 2. The van der Waals surface area contributed by atoms with Crippen LogP contribution in [0.5, 0.6) is 0 Å². The van der Waals surface area contributed by atoms with Crippen molar-refractivity contribution in [1.82, 2.24) is 4.90 Å². The lowest BCUT2D eigenvalue weighted by molar-refractivity contribution is -0.148. The third kappa shape index (κ3) is 3.89. The van der Waals surface area contributed by atoms with E-state index >= 15 is 0 Å². The Morgan fingerprint density at radius 1 is 1.00 bits per heavy atom. The number of nitrogens with two attached hydrogens (primary N) is 1. The molecule has 1 aliphatic heterocycles. The van der Waals surface area contributed by atoms with Crippen molar-refractivity contribution in [1.29, 1.82) is 0 Å². The van der Waals surface area contributed by atoms with Crippen LogP contribution in [0.25, 0.3) is 0 Å². The SMILES string of the molecule is N[C@]1(C(=O)O)C[C@H](C(=O)O)N(C(=O)CC(c2ccccc2)c2ccccc2)C1. The lowest BCUT2D eigenvalue weighted by atomic mass is 9.88. The summed E-state index contributed by atoms with van der Waals surface area (Å²) in [5, 5.41) is 18.8. The minimum atomic E-state index is -1.76. The van der Waals surface area contributed by atoms with E-state index in [1.807, 2.05) is 60.7 Å². The summed E-state index contributed by atoms with van der Waals surface area (Å²) in [6.07, 6.45) is -0.293. The summed E-state index contributed by atoms with van der Waals surface area (Å²) < 4.78 is 0. The molecule has 2 aromatic carbocycles. The highest BCUT2D eigenvalue weighted by Crippen LogP contribution is 2.32. The van der Waals surface area contributed by atoms with Crippen molar-refractivity contribution in [3.63, 3.8) is 0 Å². The molecule has 0 unspecified atom stereocenters. The van der Waals surface area contributed by atoms with Crippen LogP contribution in [-0.4, -0.2) is 51.1 Å². The van der Waals surface area contributed by atoms with Gasteiger partial charge in [0.15, 0.2) is 0 Å². The molecule has 2 aromatic rings. The Labute approximate surface area is 162 Å². The number of amides is 1. The van der Waals surface area contributed by atoms with Crippen molar-refractivity contribution in [3.8, 4) is 0 Å². The van der Waals surface area contributed by atoms with Gasteiger partial charge in [-0.2, -0.15) is 0 Å². The largest absolute Gasteiger partial charge is 0.480 e. The van der Waals surface area contributed by atoms with Gasteiger partial charge in [-0.05, 0) is 11.1 Å². The second kappa shape index (κ2) is 7.82. The van der Waals surface area contributed by atoms with E-state index in [1.54, 1.807) is 0 Å². The fraction of sp³-hybridized carbons (Fsp3) is 0.286. The summed E-state index contributed by atoms with van der Waals surface area (Å²) >= 11 is 0. The Bertz CT molecular complexity index is 831. The summed E-state index contributed by atoms with van der Waals surface area (Å²) in [7, 11) is 0. The topological polar surface area (TPSA) is 121 Å². The van der Waals surface area contributed by atoms with E-state index in [0.717, 1.165) is 16.0 Å². The zero-order valence-electron chi connectivity index (χ0n) is 15.2. The maximum absolute atomic E-state index is 13.0. The monoisotopic (exact) mass is 382 g/mol. The van der Waals surface area contributed by atoms with Gasteiger partial charge in [0, 0.05) is 18.8 Å². The van der Waals surface area contributed by atoms with Crippen LogP contribution < -0.4 is 5.73 Å². The number of carbonyl (C=O) groups excluding carboxylic acids is 1. The van der Waals surface area contributed by atoms with Gasteiger partial charge < -0.3 is 20.8 Å². The van der Waals surface area contributed by atoms with Crippen LogP contribution in [-0.2, 0) is 14.4 Å². The average molecular weight is 382 g/mol. The molecule has 0 aliphatic carbocycles. The predicted octanol–water partition coefficient (Wildman–Crippen LogP) is 1.68. The second-order valence-corrected chi connectivity index (χ2v) is 7.12. The summed E-state index contributed by atoms with van der Waals surface area (Å²) in [4.78, 5) is 37.2. The Kier molecular flexibility index (Phi) is 5.46. The fourth-order valence-electron chi connectivity index (χ4n) is 3.66. The standard InChI is InChI=1S/C21H22N2O5/c22-21(20(27)28)12-17(19(25)26)23(13-21)18(24)11-16(14-7-3-1-4-8-14)15-9-5-2-6-10-15/h1-10,16-17H,11-13,22H2,(H,25,26)(H,27,28)/t17-,21-/m1/s1. The highest BCUT2D eigenvalue weighted by atomic mass is 16.4. The molecule has 2 atom stereocenters. The first-order valence-corrected chi connectivity index (χ1v) is 8.96. The number of carboxylic acid groups (broad SMARTS) is 2. The first kappa shape index (κ1) is 19.6. The van der Waals surface area contributed by atoms with Crippen molar-refractivity contribution in [2.75, 3.05) is 6.54 Å². The molecule has 0 radical (unpaired) electrons. The van der Waals surface area contributed by atoms with Crippen molar-refractivity contribution >= 4 is 17.8 Å². The van der Waals surface area contributed by atoms with Crippen molar-refractivity contribution < 1.29 is 24.6 Å². The lowest BCUT2D eigenvalue weighted by Crippen LogP contribution is -2.50. The molecule has 7 nitrogen and oxygen atoms in total. The maximum Gasteiger partial charge on any atom is 0.326 e. The van der Waals surface area contributed by atoms with E-state index in [2.05, 4.69) is 0 Å². The summed E-state index contributed by atoms with van der Waals surface area (Å²) in [5.41, 5.74) is 5.94. The number of carbonyl (C=O) groups is 3. The molecular weight excluding hydrogens is 360 g/mol. The third-order valence-electron chi connectivity index (χ3n) is 5.20. The van der Waals surface area contributed by atoms with Crippen LogP contribution in [0.2, 0.25) is 0 Å². The molecule has 7 heteroatoms. The normalized spacial score (nSPS) is 21.6. The van der Waals surface area contributed by atoms with Crippen molar-refractivity contribution in [3.05, 3.63) is 71.8 Å². The maximum atomic E-state index is 13.0. The quantitative estimate of drug-likeness (QED) is 0.699. The van der Waals surface area contributed by atoms with E-state index in [1.165, 1.54) is 0 Å². The number of benzene rings is 2. The fourth-order valence-corrected chi connectivity index (χ4v) is 3.66. The summed E-state index contributed by atoms with van der Waals surface area (Å²) in [6.45, 7) is -0.325. The van der Waals surface area contributed by atoms with Crippen LogP contribution in [0.15, 0.2) is 60.7 Å². The van der Waals surface area contributed by atoms with Gasteiger partial charge in [-0.3, -0.25) is 9.59 Å². The molecule has 28 heavy (non-hydrogen) atoms. The van der Waals surface area contributed by atoms with Crippen LogP contribution in [0.3, 0.4) is 0 Å². The van der Waals surface area contributed by atoms with Gasteiger partial charge >= 0.3 is 11.9 Å². The zero-order chi connectivity index (χ0) is 20.3. The van der Waals surface area contributed by atoms with Crippen LogP contribution >= 0.6 is 0 Å². The first-order chi connectivity index (χ1) is 13.3. The van der Waals surface area contributed by atoms with Crippen LogP contribution in [0.1, 0.15) is 29.9 Å². The Morgan fingerprint density at radius 3 is 1.93 bits per heavy atom. The van der Waals surface area contributed by atoms with E-state index < -0.39 is 29.4 Å². The van der Waals surface area contributed by atoms with Gasteiger partial charge in [0.1, 0.15) is 11.6 Å². The van der Waals surface area contributed by atoms with Crippen molar-refractivity contribution in [2.24, 2.45) is 5.73 Å².